The van der Waals surface area contributed by atoms with Crippen molar-refractivity contribution in [1.29, 1.82) is 0 Å². The van der Waals surface area contributed by atoms with E-state index >= 15 is 0 Å². The molecule has 0 saturated carbocycles. The van der Waals surface area contributed by atoms with Gasteiger partial charge < -0.3 is 15.8 Å². The number of fused-ring (bicyclic) bond motifs is 1. The first-order chi connectivity index (χ1) is 12.9. The Hall–Kier alpha value is -3.20. The summed E-state index contributed by atoms with van der Waals surface area (Å²) >= 11 is 1.07. The largest absolute Gasteiger partial charge is 0.494 e. The number of thiophene rings is 1. The molecule has 3 N–H and O–H groups in total. The highest BCUT2D eigenvalue weighted by atomic mass is 32.1. The van der Waals surface area contributed by atoms with E-state index in [9.17, 15) is 14.4 Å². The Balaban J connectivity index is 1.80. The van der Waals surface area contributed by atoms with Crippen molar-refractivity contribution in [1.82, 2.24) is 9.55 Å². The lowest BCUT2D eigenvalue weighted by Gasteiger charge is -2.08. The molecule has 0 aliphatic carbocycles. The lowest BCUT2D eigenvalue weighted by atomic mass is 10.2. The second kappa shape index (κ2) is 7.58. The van der Waals surface area contributed by atoms with Crippen LogP contribution in [0, 0.1) is 6.92 Å². The smallest absolute Gasteiger partial charge is 0.262 e. The van der Waals surface area contributed by atoms with Gasteiger partial charge in [-0.25, -0.2) is 4.98 Å². The molecule has 0 atom stereocenters. The molecule has 0 fully saturated rings. The van der Waals surface area contributed by atoms with Crippen LogP contribution < -0.4 is 21.3 Å². The van der Waals surface area contributed by atoms with Gasteiger partial charge in [-0.15, -0.1) is 11.3 Å². The summed E-state index contributed by atoms with van der Waals surface area (Å²) in [6.45, 7) is 3.89. The van der Waals surface area contributed by atoms with E-state index in [1.807, 2.05) is 6.92 Å². The van der Waals surface area contributed by atoms with Crippen LogP contribution in [-0.2, 0) is 11.3 Å². The molecular formula is C18H18N4O4S. The molecule has 0 aliphatic rings. The number of hydrogen-bond acceptors (Lipinski definition) is 6. The van der Waals surface area contributed by atoms with Gasteiger partial charge >= 0.3 is 0 Å². The number of ether oxygens (including phenoxy) is 1. The summed E-state index contributed by atoms with van der Waals surface area (Å²) in [6, 6.07) is 6.93. The van der Waals surface area contributed by atoms with Crippen LogP contribution in [0.1, 0.15) is 22.2 Å². The predicted molar refractivity (Wildman–Crippen MR) is 103 cm³/mol. The molecule has 0 bridgehead atoms. The first-order valence-corrected chi connectivity index (χ1v) is 9.03. The van der Waals surface area contributed by atoms with Gasteiger partial charge in [0.2, 0.25) is 5.91 Å². The molecule has 27 heavy (non-hydrogen) atoms. The minimum atomic E-state index is -0.602. The van der Waals surface area contributed by atoms with Crippen molar-refractivity contribution in [3.05, 3.63) is 51.4 Å². The van der Waals surface area contributed by atoms with E-state index in [4.69, 9.17) is 10.5 Å². The Bertz CT molecular complexity index is 1070. The van der Waals surface area contributed by atoms with E-state index in [0.717, 1.165) is 11.3 Å². The van der Waals surface area contributed by atoms with Crippen LogP contribution >= 0.6 is 11.3 Å². The zero-order chi connectivity index (χ0) is 19.6. The van der Waals surface area contributed by atoms with E-state index in [1.54, 1.807) is 31.2 Å². The molecule has 2 amide bonds. The first kappa shape index (κ1) is 18.6. The SMILES string of the molecule is CCOc1ccc(NC(=O)Cn2cnc3sc(C(N)=O)c(C)c3c2=O)cc1. The Morgan fingerprint density at radius 3 is 2.63 bits per heavy atom. The number of anilines is 1. The van der Waals surface area contributed by atoms with E-state index in [2.05, 4.69) is 10.3 Å². The normalized spacial score (nSPS) is 10.7. The molecule has 3 rings (SSSR count). The fraction of sp³-hybridized carbons (Fsp3) is 0.222. The minimum Gasteiger partial charge on any atom is -0.494 e. The molecule has 0 saturated heterocycles. The quantitative estimate of drug-likeness (QED) is 0.671. The number of hydrogen-bond donors (Lipinski definition) is 2. The maximum absolute atomic E-state index is 12.7. The lowest BCUT2D eigenvalue weighted by Crippen LogP contribution is -2.28. The van der Waals surface area contributed by atoms with Gasteiger partial charge in [0.1, 0.15) is 17.1 Å². The van der Waals surface area contributed by atoms with Crippen molar-refractivity contribution in [3.63, 3.8) is 0 Å². The van der Waals surface area contributed by atoms with Gasteiger partial charge in [0.05, 0.1) is 23.2 Å². The Kier molecular flexibility index (Phi) is 5.22. The van der Waals surface area contributed by atoms with E-state index < -0.39 is 5.91 Å². The third kappa shape index (κ3) is 3.82. The summed E-state index contributed by atoms with van der Waals surface area (Å²) < 4.78 is 6.55. The van der Waals surface area contributed by atoms with Gasteiger partial charge in [0.15, 0.2) is 0 Å². The number of aryl methyl sites for hydroxylation is 1. The molecule has 9 heteroatoms. The lowest BCUT2D eigenvalue weighted by molar-refractivity contribution is -0.116. The second-order valence-electron chi connectivity index (χ2n) is 5.78. The number of benzene rings is 1. The summed E-state index contributed by atoms with van der Waals surface area (Å²) in [7, 11) is 0. The van der Waals surface area contributed by atoms with Crippen molar-refractivity contribution in [3.8, 4) is 5.75 Å². The molecule has 2 aromatic heterocycles. The highest BCUT2D eigenvalue weighted by molar-refractivity contribution is 7.20. The fourth-order valence-electron chi connectivity index (χ4n) is 2.66. The van der Waals surface area contributed by atoms with Gasteiger partial charge in [-0.05, 0) is 43.7 Å². The van der Waals surface area contributed by atoms with Gasteiger partial charge in [-0.2, -0.15) is 0 Å². The predicted octanol–water partition coefficient (Wildman–Crippen LogP) is 1.90. The highest BCUT2D eigenvalue weighted by Gasteiger charge is 2.18. The fourth-order valence-corrected chi connectivity index (χ4v) is 3.65. The van der Waals surface area contributed by atoms with Crippen molar-refractivity contribution in [2.75, 3.05) is 11.9 Å². The first-order valence-electron chi connectivity index (χ1n) is 8.21. The Labute approximate surface area is 158 Å². The zero-order valence-electron chi connectivity index (χ0n) is 14.8. The van der Waals surface area contributed by atoms with Crippen molar-refractivity contribution >= 4 is 39.1 Å². The molecule has 0 spiro atoms. The van der Waals surface area contributed by atoms with Gasteiger partial charge in [0, 0.05) is 5.69 Å². The van der Waals surface area contributed by atoms with Crippen LogP contribution in [0.4, 0.5) is 5.69 Å². The van der Waals surface area contributed by atoms with Crippen LogP contribution in [-0.4, -0.2) is 28.0 Å². The molecule has 8 nitrogen and oxygen atoms in total. The zero-order valence-corrected chi connectivity index (χ0v) is 15.6. The third-order valence-electron chi connectivity index (χ3n) is 3.90. The molecule has 0 radical (unpaired) electrons. The molecule has 0 unspecified atom stereocenters. The molecule has 3 aromatic rings. The number of nitrogens with zero attached hydrogens (tertiary/aromatic N) is 2. The summed E-state index contributed by atoms with van der Waals surface area (Å²) in [6.07, 6.45) is 1.29. The van der Waals surface area contributed by atoms with Crippen LogP contribution in [0.15, 0.2) is 35.4 Å². The summed E-state index contributed by atoms with van der Waals surface area (Å²) in [4.78, 5) is 41.3. The number of carbonyl (C=O) groups excluding carboxylic acids is 2. The number of nitrogens with one attached hydrogen (secondary N) is 1. The van der Waals surface area contributed by atoms with E-state index in [1.165, 1.54) is 10.9 Å². The summed E-state index contributed by atoms with van der Waals surface area (Å²) in [5.41, 5.74) is 6.02. The molecule has 140 valence electrons. The van der Waals surface area contributed by atoms with Crippen LogP contribution in [0.3, 0.4) is 0 Å². The molecule has 2 heterocycles. The molecule has 1 aromatic carbocycles. The number of carbonyl (C=O) groups is 2. The van der Waals surface area contributed by atoms with Crippen LogP contribution in [0.25, 0.3) is 10.2 Å². The van der Waals surface area contributed by atoms with Crippen molar-refractivity contribution in [2.45, 2.75) is 20.4 Å². The average Bonchev–Trinajstić information content (AvgIpc) is 2.97. The van der Waals surface area contributed by atoms with E-state index in [-0.39, 0.29) is 18.0 Å². The number of nitrogens with two attached hydrogens (primary N) is 1. The topological polar surface area (TPSA) is 116 Å². The van der Waals surface area contributed by atoms with Gasteiger partial charge in [0.25, 0.3) is 11.5 Å². The highest BCUT2D eigenvalue weighted by Crippen LogP contribution is 2.26. The number of primary amides is 1. The van der Waals surface area contributed by atoms with Crippen LogP contribution in [0.5, 0.6) is 5.75 Å². The molecular weight excluding hydrogens is 368 g/mol. The summed E-state index contributed by atoms with van der Waals surface area (Å²) in [5, 5.41) is 3.03. The number of aromatic nitrogens is 2. The van der Waals surface area contributed by atoms with Gasteiger partial charge in [-0.3, -0.25) is 19.0 Å². The van der Waals surface area contributed by atoms with Crippen molar-refractivity contribution < 1.29 is 14.3 Å². The monoisotopic (exact) mass is 386 g/mol. The third-order valence-corrected chi connectivity index (χ3v) is 5.12. The minimum absolute atomic E-state index is 0.198. The van der Waals surface area contributed by atoms with Gasteiger partial charge in [-0.1, -0.05) is 0 Å². The van der Waals surface area contributed by atoms with E-state index in [0.29, 0.717) is 38.7 Å². The summed E-state index contributed by atoms with van der Waals surface area (Å²) in [5.74, 6) is -0.264. The van der Waals surface area contributed by atoms with Crippen molar-refractivity contribution in [2.24, 2.45) is 5.73 Å². The maximum atomic E-state index is 12.7. The molecule has 0 aliphatic heterocycles. The average molecular weight is 386 g/mol. The number of amides is 2. The Morgan fingerprint density at radius 1 is 1.30 bits per heavy atom. The van der Waals surface area contributed by atoms with Crippen LogP contribution in [0.2, 0.25) is 0 Å². The standard InChI is InChI=1S/C18H18N4O4S/c1-3-26-12-6-4-11(5-7-12)21-13(23)8-22-9-20-17-14(18(22)25)10(2)15(27-17)16(19)24/h4-7,9H,3,8H2,1-2H3,(H2,19,24)(H,21,23). The Morgan fingerprint density at radius 2 is 2.00 bits per heavy atom. The second-order valence-corrected chi connectivity index (χ2v) is 6.78. The maximum Gasteiger partial charge on any atom is 0.262 e. The number of rotatable bonds is 6.